The minimum absolute atomic E-state index is 0.132. The minimum atomic E-state index is -0.551. The molecule has 0 heterocycles. The molecule has 0 saturated carbocycles. The first kappa shape index (κ1) is 15.3. The van der Waals surface area contributed by atoms with Crippen LogP contribution in [0.15, 0.2) is 18.2 Å². The molecule has 0 aromatic heterocycles. The van der Waals surface area contributed by atoms with Crippen LogP contribution in [0.4, 0.5) is 5.69 Å². The summed E-state index contributed by atoms with van der Waals surface area (Å²) in [5.74, 6) is -0.586. The van der Waals surface area contributed by atoms with Gasteiger partial charge in [-0.3, -0.25) is 19.7 Å². The minimum Gasteiger partial charge on any atom is -0.355 e. The van der Waals surface area contributed by atoms with Crippen LogP contribution in [0.25, 0.3) is 0 Å². The van der Waals surface area contributed by atoms with Gasteiger partial charge in [0.25, 0.3) is 11.6 Å². The molecule has 19 heavy (non-hydrogen) atoms. The topological polar surface area (TPSA) is 101 Å². The number of nitrogens with one attached hydrogen (secondary N) is 2. The maximum atomic E-state index is 11.8. The van der Waals surface area contributed by atoms with Crippen molar-refractivity contribution in [2.45, 2.75) is 6.92 Å². The van der Waals surface area contributed by atoms with Gasteiger partial charge in [0.05, 0.1) is 10.5 Å². The Morgan fingerprint density at radius 2 is 1.95 bits per heavy atom. The zero-order valence-corrected chi connectivity index (χ0v) is 12.3. The molecule has 0 saturated heterocycles. The monoisotopic (exact) mass is 377 g/mol. The summed E-state index contributed by atoms with van der Waals surface area (Å²) in [6.07, 6.45) is 0. The van der Waals surface area contributed by atoms with E-state index in [0.717, 1.165) is 0 Å². The van der Waals surface area contributed by atoms with Gasteiger partial charge in [0, 0.05) is 35.7 Å². The average molecular weight is 377 g/mol. The Hall–Kier alpha value is -1.71. The number of non-ortho nitro benzene ring substituents is 1. The fraction of sp³-hybridized carbons (Fsp3) is 0.273. The normalized spacial score (nSPS) is 9.79. The highest BCUT2D eigenvalue weighted by Gasteiger charge is 2.14. The van der Waals surface area contributed by atoms with E-state index in [1.165, 1.54) is 25.1 Å². The van der Waals surface area contributed by atoms with E-state index in [1.54, 1.807) is 0 Å². The van der Waals surface area contributed by atoms with E-state index >= 15 is 0 Å². The summed E-state index contributed by atoms with van der Waals surface area (Å²) in [5, 5.41) is 15.8. The molecule has 0 atom stereocenters. The van der Waals surface area contributed by atoms with Crippen molar-refractivity contribution in [3.05, 3.63) is 37.4 Å². The molecule has 1 aromatic carbocycles. The molecule has 102 valence electrons. The first-order valence-corrected chi connectivity index (χ1v) is 6.46. The molecule has 2 amide bonds. The first-order valence-electron chi connectivity index (χ1n) is 5.38. The van der Waals surface area contributed by atoms with Crippen LogP contribution in [-0.4, -0.2) is 29.8 Å². The number of nitro groups is 1. The van der Waals surface area contributed by atoms with Crippen LogP contribution < -0.4 is 10.6 Å². The van der Waals surface area contributed by atoms with E-state index < -0.39 is 10.8 Å². The Morgan fingerprint density at radius 3 is 2.53 bits per heavy atom. The Morgan fingerprint density at radius 1 is 1.32 bits per heavy atom. The summed E-state index contributed by atoms with van der Waals surface area (Å²) in [5.41, 5.74) is 0.116. The highest BCUT2D eigenvalue weighted by Crippen LogP contribution is 2.19. The summed E-state index contributed by atoms with van der Waals surface area (Å²) in [7, 11) is 0. The molecule has 1 rings (SSSR count). The molecule has 0 aliphatic heterocycles. The largest absolute Gasteiger partial charge is 0.355 e. The summed E-state index contributed by atoms with van der Waals surface area (Å²) < 4.78 is 0.625. The lowest BCUT2D eigenvalue weighted by molar-refractivity contribution is -0.384. The maximum absolute atomic E-state index is 11.8. The third-order valence-corrected chi connectivity index (χ3v) is 3.13. The van der Waals surface area contributed by atoms with Gasteiger partial charge in [0.2, 0.25) is 5.91 Å². The van der Waals surface area contributed by atoms with Crippen molar-refractivity contribution in [3.63, 3.8) is 0 Å². The molecule has 1 aromatic rings. The van der Waals surface area contributed by atoms with Crippen molar-refractivity contribution < 1.29 is 14.5 Å². The maximum Gasteiger partial charge on any atom is 0.270 e. The van der Waals surface area contributed by atoms with Crippen molar-refractivity contribution in [1.29, 1.82) is 0 Å². The summed E-state index contributed by atoms with van der Waals surface area (Å²) in [4.78, 5) is 32.6. The molecule has 0 radical (unpaired) electrons. The third-order valence-electron chi connectivity index (χ3n) is 2.19. The number of halogens is 1. The standard InChI is InChI=1S/C11H12IN3O4/c1-7(16)13-4-5-14-11(17)9-6-8(15(18)19)2-3-10(9)12/h2-3,6H,4-5H2,1H3,(H,13,16)(H,14,17). The van der Waals surface area contributed by atoms with Crippen LogP contribution in [0.5, 0.6) is 0 Å². The highest BCUT2D eigenvalue weighted by atomic mass is 127. The number of nitrogens with zero attached hydrogens (tertiary/aromatic N) is 1. The predicted octanol–water partition coefficient (Wildman–Crippen LogP) is 1.07. The van der Waals surface area contributed by atoms with Crippen molar-refractivity contribution in [2.24, 2.45) is 0 Å². The van der Waals surface area contributed by atoms with Crippen molar-refractivity contribution in [3.8, 4) is 0 Å². The fourth-order valence-electron chi connectivity index (χ4n) is 1.31. The lowest BCUT2D eigenvalue weighted by atomic mass is 10.2. The predicted molar refractivity (Wildman–Crippen MR) is 76.8 cm³/mol. The second kappa shape index (κ2) is 7.02. The molecule has 2 N–H and O–H groups in total. The SMILES string of the molecule is CC(=O)NCCNC(=O)c1cc([N+](=O)[O-])ccc1I. The number of carbonyl (C=O) groups is 2. The molecule has 8 heteroatoms. The number of carbonyl (C=O) groups excluding carboxylic acids is 2. The van der Waals surface area contributed by atoms with Crippen molar-refractivity contribution >= 4 is 40.1 Å². The number of hydrogen-bond donors (Lipinski definition) is 2. The van der Waals surface area contributed by atoms with Gasteiger partial charge in [-0.05, 0) is 28.7 Å². The number of rotatable bonds is 5. The Labute approximate surface area is 123 Å². The van der Waals surface area contributed by atoms with Gasteiger partial charge in [-0.15, -0.1) is 0 Å². The van der Waals surface area contributed by atoms with Gasteiger partial charge in [0.15, 0.2) is 0 Å². The van der Waals surface area contributed by atoms with Crippen LogP contribution >= 0.6 is 22.6 Å². The average Bonchev–Trinajstić information content (AvgIpc) is 2.34. The second-order valence-electron chi connectivity index (χ2n) is 3.66. The second-order valence-corrected chi connectivity index (χ2v) is 4.82. The third kappa shape index (κ3) is 4.81. The molecule has 0 aliphatic carbocycles. The molecule has 7 nitrogen and oxygen atoms in total. The molecular weight excluding hydrogens is 365 g/mol. The van der Waals surface area contributed by atoms with E-state index in [4.69, 9.17) is 0 Å². The number of amides is 2. The smallest absolute Gasteiger partial charge is 0.270 e. The van der Waals surface area contributed by atoms with Crippen LogP contribution in [0.1, 0.15) is 17.3 Å². The van der Waals surface area contributed by atoms with Crippen LogP contribution in [0.2, 0.25) is 0 Å². The van der Waals surface area contributed by atoms with E-state index in [1.807, 2.05) is 22.6 Å². The van der Waals surface area contributed by atoms with Gasteiger partial charge >= 0.3 is 0 Å². The lowest BCUT2D eigenvalue weighted by Gasteiger charge is -2.07. The van der Waals surface area contributed by atoms with Gasteiger partial charge in [-0.25, -0.2) is 0 Å². The van der Waals surface area contributed by atoms with E-state index in [2.05, 4.69) is 10.6 Å². The molecule has 0 unspecified atom stereocenters. The van der Waals surface area contributed by atoms with E-state index in [0.29, 0.717) is 10.1 Å². The Kier molecular flexibility index (Phi) is 5.67. The summed E-state index contributed by atoms with van der Waals surface area (Å²) in [6.45, 7) is 1.95. The van der Waals surface area contributed by atoms with Crippen LogP contribution in [0, 0.1) is 13.7 Å². The number of nitro benzene ring substituents is 1. The van der Waals surface area contributed by atoms with Crippen LogP contribution in [0.3, 0.4) is 0 Å². The number of hydrogen-bond acceptors (Lipinski definition) is 4. The molecule has 0 aliphatic rings. The Balaban J connectivity index is 2.68. The fourth-order valence-corrected chi connectivity index (χ4v) is 1.89. The molecule has 0 bridgehead atoms. The van der Waals surface area contributed by atoms with Gasteiger partial charge in [-0.1, -0.05) is 0 Å². The summed E-state index contributed by atoms with van der Waals surface area (Å²) in [6, 6.07) is 4.09. The van der Waals surface area contributed by atoms with Crippen molar-refractivity contribution in [2.75, 3.05) is 13.1 Å². The number of benzene rings is 1. The van der Waals surface area contributed by atoms with Gasteiger partial charge in [0.1, 0.15) is 0 Å². The van der Waals surface area contributed by atoms with Crippen LogP contribution in [-0.2, 0) is 4.79 Å². The molecular formula is C11H12IN3O4. The van der Waals surface area contributed by atoms with Crippen molar-refractivity contribution in [1.82, 2.24) is 10.6 Å². The molecule has 0 fully saturated rings. The van der Waals surface area contributed by atoms with Gasteiger partial charge < -0.3 is 10.6 Å². The lowest BCUT2D eigenvalue weighted by Crippen LogP contribution is -2.33. The summed E-state index contributed by atoms with van der Waals surface area (Å²) >= 11 is 1.93. The highest BCUT2D eigenvalue weighted by molar-refractivity contribution is 14.1. The van der Waals surface area contributed by atoms with E-state index in [9.17, 15) is 19.7 Å². The Bertz CT molecular complexity index is 519. The zero-order valence-electron chi connectivity index (χ0n) is 10.1. The molecule has 0 spiro atoms. The van der Waals surface area contributed by atoms with Gasteiger partial charge in [-0.2, -0.15) is 0 Å². The zero-order chi connectivity index (χ0) is 14.4. The quantitative estimate of drug-likeness (QED) is 0.347. The van der Waals surface area contributed by atoms with E-state index in [-0.39, 0.29) is 23.7 Å². The first-order chi connectivity index (χ1) is 8.91.